The largest absolute Gasteiger partial charge is 0.456 e. The molecular formula is C49H38N2O. The fraction of sp³-hybridized carbons (Fsp3) is 0.0612. The fourth-order valence-electron chi connectivity index (χ4n) is 7.83. The molecule has 1 aliphatic heterocycles. The van der Waals surface area contributed by atoms with Crippen LogP contribution in [0.25, 0.3) is 39.3 Å². The molecule has 0 N–H and O–H groups in total. The van der Waals surface area contributed by atoms with Gasteiger partial charge in [0.1, 0.15) is 11.3 Å². The predicted octanol–water partition coefficient (Wildman–Crippen LogP) is 13.5. The third-order valence-corrected chi connectivity index (χ3v) is 10.3. The van der Waals surface area contributed by atoms with Crippen LogP contribution in [0.4, 0.5) is 28.4 Å². The van der Waals surface area contributed by atoms with Crippen molar-refractivity contribution in [1.82, 2.24) is 0 Å². The molecule has 0 spiro atoms. The Labute approximate surface area is 305 Å². The lowest BCUT2D eigenvalue weighted by molar-refractivity contribution is 0.601. The summed E-state index contributed by atoms with van der Waals surface area (Å²) in [5.41, 5.74) is 13.7. The Balaban J connectivity index is 1.22. The van der Waals surface area contributed by atoms with E-state index in [4.69, 9.17) is 4.42 Å². The van der Waals surface area contributed by atoms with Gasteiger partial charge in [-0.3, -0.25) is 0 Å². The van der Waals surface area contributed by atoms with Gasteiger partial charge in [0.25, 0.3) is 0 Å². The molecule has 3 heteroatoms. The molecule has 0 saturated heterocycles. The van der Waals surface area contributed by atoms with Crippen molar-refractivity contribution in [2.24, 2.45) is 0 Å². The molecule has 2 aliphatic rings. The molecule has 9 rings (SSSR count). The zero-order valence-corrected chi connectivity index (χ0v) is 29.1. The van der Waals surface area contributed by atoms with Crippen LogP contribution in [-0.4, -0.2) is 6.04 Å². The summed E-state index contributed by atoms with van der Waals surface area (Å²) in [6.07, 6.45) is 14.7. The predicted molar refractivity (Wildman–Crippen MR) is 219 cm³/mol. The lowest BCUT2D eigenvalue weighted by Crippen LogP contribution is -2.28. The average molecular weight is 671 g/mol. The number of para-hydroxylation sites is 3. The third-order valence-electron chi connectivity index (χ3n) is 10.3. The third kappa shape index (κ3) is 5.57. The van der Waals surface area contributed by atoms with Crippen molar-refractivity contribution in [3.63, 3.8) is 0 Å². The highest BCUT2D eigenvalue weighted by Gasteiger charge is 2.37. The van der Waals surface area contributed by atoms with Gasteiger partial charge in [-0.2, -0.15) is 0 Å². The normalized spacial score (nSPS) is 16.0. The van der Waals surface area contributed by atoms with Crippen LogP contribution < -0.4 is 9.80 Å². The molecule has 1 aliphatic carbocycles. The summed E-state index contributed by atoms with van der Waals surface area (Å²) in [6.45, 7) is 5.95. The van der Waals surface area contributed by atoms with Gasteiger partial charge in [0.05, 0.1) is 6.04 Å². The minimum Gasteiger partial charge on any atom is -0.456 e. The molecule has 7 aromatic rings. The second-order valence-electron chi connectivity index (χ2n) is 13.4. The van der Waals surface area contributed by atoms with E-state index >= 15 is 0 Å². The number of nitrogens with zero attached hydrogens (tertiary/aromatic N) is 2. The molecule has 0 fully saturated rings. The molecule has 52 heavy (non-hydrogen) atoms. The highest BCUT2D eigenvalue weighted by Crippen LogP contribution is 2.48. The molecule has 0 radical (unpaired) electrons. The number of furan rings is 1. The van der Waals surface area contributed by atoms with Crippen molar-refractivity contribution in [3.05, 3.63) is 206 Å². The number of benzene rings is 6. The van der Waals surface area contributed by atoms with Crippen LogP contribution in [-0.2, 0) is 0 Å². The van der Waals surface area contributed by atoms with E-state index in [0.29, 0.717) is 5.92 Å². The van der Waals surface area contributed by atoms with Gasteiger partial charge in [-0.1, -0.05) is 116 Å². The molecule has 250 valence electrons. The van der Waals surface area contributed by atoms with E-state index in [1.54, 1.807) is 6.08 Å². The summed E-state index contributed by atoms with van der Waals surface area (Å²) in [6, 6.07) is 52.8. The molecule has 2 unspecified atom stereocenters. The number of rotatable bonds is 8. The zero-order valence-electron chi connectivity index (χ0n) is 29.1. The van der Waals surface area contributed by atoms with E-state index in [1.165, 1.54) is 16.9 Å². The van der Waals surface area contributed by atoms with Crippen molar-refractivity contribution in [3.8, 4) is 22.3 Å². The Morgan fingerprint density at radius 1 is 0.635 bits per heavy atom. The molecule has 3 nitrogen and oxygen atoms in total. The van der Waals surface area contributed by atoms with Crippen molar-refractivity contribution in [1.29, 1.82) is 0 Å². The topological polar surface area (TPSA) is 19.6 Å². The number of anilines is 5. The van der Waals surface area contributed by atoms with Gasteiger partial charge in [-0.05, 0) is 114 Å². The van der Waals surface area contributed by atoms with Gasteiger partial charge in [-0.15, -0.1) is 0 Å². The van der Waals surface area contributed by atoms with Crippen molar-refractivity contribution < 1.29 is 4.42 Å². The first-order valence-corrected chi connectivity index (χ1v) is 17.9. The molecule has 2 atom stereocenters. The standard InChI is InChI=1S/C49H38N2O/c1-3-4-26-48-34(2)45-33-36(27-28-49(45)52-48)38-29-37(31-42(32-38)50(39-17-7-5-8-18-39)40-19-9-6-10-20-40)35-16-15-21-41(30-35)51-46-24-13-11-22-43(46)44-23-12-14-25-47(44)51/h3-33,43,46H,1H2,2H3/b26-4-. The van der Waals surface area contributed by atoms with Crippen LogP contribution in [0.1, 0.15) is 22.8 Å². The van der Waals surface area contributed by atoms with Crippen LogP contribution in [0.3, 0.4) is 0 Å². The van der Waals surface area contributed by atoms with Crippen LogP contribution >= 0.6 is 0 Å². The van der Waals surface area contributed by atoms with Gasteiger partial charge >= 0.3 is 0 Å². The Bertz CT molecular complexity index is 2480. The van der Waals surface area contributed by atoms with E-state index in [0.717, 1.165) is 61.6 Å². The van der Waals surface area contributed by atoms with Gasteiger partial charge < -0.3 is 14.2 Å². The highest BCUT2D eigenvalue weighted by molar-refractivity contribution is 5.91. The summed E-state index contributed by atoms with van der Waals surface area (Å²) in [7, 11) is 0. The minimum atomic E-state index is 0.238. The summed E-state index contributed by atoms with van der Waals surface area (Å²) < 4.78 is 6.23. The van der Waals surface area contributed by atoms with Crippen LogP contribution in [0.15, 0.2) is 193 Å². The zero-order chi connectivity index (χ0) is 35.0. The number of allylic oxidation sites excluding steroid dienone is 4. The lowest BCUT2D eigenvalue weighted by Gasteiger charge is -2.29. The summed E-state index contributed by atoms with van der Waals surface area (Å²) in [5, 5.41) is 1.11. The molecule has 0 bridgehead atoms. The second-order valence-corrected chi connectivity index (χ2v) is 13.4. The number of hydrogen-bond donors (Lipinski definition) is 0. The maximum absolute atomic E-state index is 6.23. The van der Waals surface area contributed by atoms with E-state index in [9.17, 15) is 0 Å². The van der Waals surface area contributed by atoms with Crippen LogP contribution in [0.2, 0.25) is 0 Å². The second kappa shape index (κ2) is 13.3. The van der Waals surface area contributed by atoms with Crippen molar-refractivity contribution in [2.75, 3.05) is 9.80 Å². The van der Waals surface area contributed by atoms with Gasteiger partial charge in [0, 0.05) is 45.3 Å². The number of aryl methyl sites for hydroxylation is 1. The van der Waals surface area contributed by atoms with Crippen molar-refractivity contribution in [2.45, 2.75) is 18.9 Å². The summed E-state index contributed by atoms with van der Waals surface area (Å²) in [5.74, 6) is 1.19. The first-order valence-electron chi connectivity index (χ1n) is 17.9. The van der Waals surface area contributed by atoms with Gasteiger partial charge in [-0.25, -0.2) is 0 Å². The molecule has 0 saturated carbocycles. The van der Waals surface area contributed by atoms with E-state index < -0.39 is 0 Å². The Hall–Kier alpha value is -6.58. The number of fused-ring (bicyclic) bond motifs is 4. The van der Waals surface area contributed by atoms with Gasteiger partial charge in [0.2, 0.25) is 0 Å². The monoisotopic (exact) mass is 670 g/mol. The van der Waals surface area contributed by atoms with E-state index in [-0.39, 0.29) is 6.04 Å². The van der Waals surface area contributed by atoms with E-state index in [2.05, 4.69) is 193 Å². The molecule has 0 amide bonds. The average Bonchev–Trinajstić information content (AvgIpc) is 3.71. The van der Waals surface area contributed by atoms with Crippen molar-refractivity contribution >= 4 is 45.5 Å². The smallest absolute Gasteiger partial charge is 0.135 e. The molecule has 2 heterocycles. The minimum absolute atomic E-state index is 0.238. The molecule has 6 aromatic carbocycles. The molecular weight excluding hydrogens is 633 g/mol. The van der Waals surface area contributed by atoms with Crippen LogP contribution in [0, 0.1) is 6.92 Å². The van der Waals surface area contributed by atoms with E-state index in [1.807, 2.05) is 12.2 Å². The maximum Gasteiger partial charge on any atom is 0.135 e. The van der Waals surface area contributed by atoms with Crippen LogP contribution in [0.5, 0.6) is 0 Å². The first kappa shape index (κ1) is 31.4. The Morgan fingerprint density at radius 2 is 1.33 bits per heavy atom. The fourth-order valence-corrected chi connectivity index (χ4v) is 7.83. The summed E-state index contributed by atoms with van der Waals surface area (Å²) >= 11 is 0. The molecule has 1 aromatic heterocycles. The first-order chi connectivity index (χ1) is 25.7. The lowest BCUT2D eigenvalue weighted by atomic mass is 9.91. The SMILES string of the molecule is C=C/C=C\c1oc2ccc(-c3cc(-c4cccc(N5c6ccccc6C6C=CC=CC65)c4)cc(N(c4ccccc4)c4ccccc4)c3)cc2c1C. The van der Waals surface area contributed by atoms with Gasteiger partial charge in [0.15, 0.2) is 0 Å². The Kier molecular flexibility index (Phi) is 8.02. The summed E-state index contributed by atoms with van der Waals surface area (Å²) in [4.78, 5) is 4.85. The quantitative estimate of drug-likeness (QED) is 0.150. The highest BCUT2D eigenvalue weighted by atomic mass is 16.3. The maximum atomic E-state index is 6.23. The Morgan fingerprint density at radius 3 is 2.08 bits per heavy atom. The number of hydrogen-bond acceptors (Lipinski definition) is 3.